The third kappa shape index (κ3) is 2.31. The molecule has 0 fully saturated rings. The Hall–Kier alpha value is -4.56. The van der Waals surface area contributed by atoms with Gasteiger partial charge in [0.1, 0.15) is 11.2 Å². The lowest BCUT2D eigenvalue weighted by Crippen LogP contribution is -1.87. The number of fused-ring (bicyclic) bond motifs is 9. The van der Waals surface area contributed by atoms with Gasteiger partial charge in [-0.2, -0.15) is 0 Å². The molecule has 0 saturated heterocycles. The van der Waals surface area contributed by atoms with Crippen LogP contribution in [0.15, 0.2) is 101 Å². The molecule has 5 aromatic carbocycles. The van der Waals surface area contributed by atoms with Gasteiger partial charge < -0.3 is 9.40 Å². The summed E-state index contributed by atoms with van der Waals surface area (Å²) in [6.45, 7) is 0. The highest BCUT2D eigenvalue weighted by molar-refractivity contribution is 6.27. The van der Waals surface area contributed by atoms with E-state index in [4.69, 9.17) is 4.42 Å². The summed E-state index contributed by atoms with van der Waals surface area (Å²) in [5.41, 5.74) is 12.3. The number of hydrogen-bond donors (Lipinski definition) is 1. The van der Waals surface area contributed by atoms with Gasteiger partial charge in [0, 0.05) is 32.6 Å². The van der Waals surface area contributed by atoms with Crippen LogP contribution in [0.3, 0.4) is 0 Å². The zero-order chi connectivity index (χ0) is 23.4. The summed E-state index contributed by atoms with van der Waals surface area (Å²) >= 11 is 0. The first kappa shape index (κ1) is 18.7. The Bertz CT molecular complexity index is 2150. The van der Waals surface area contributed by atoms with Crippen molar-refractivity contribution >= 4 is 65.7 Å². The molecule has 36 heavy (non-hydrogen) atoms. The lowest BCUT2D eigenvalue weighted by atomic mass is 9.94. The molecule has 2 aromatic heterocycles. The fourth-order valence-corrected chi connectivity index (χ4v) is 6.62. The molecule has 2 aliphatic rings. The zero-order valence-corrected chi connectivity index (χ0v) is 19.6. The molecule has 0 unspecified atom stereocenters. The van der Waals surface area contributed by atoms with E-state index in [0.29, 0.717) is 0 Å². The molecule has 2 heterocycles. The van der Waals surface area contributed by atoms with E-state index in [0.717, 1.165) is 24.0 Å². The van der Waals surface area contributed by atoms with Gasteiger partial charge >= 0.3 is 0 Å². The van der Waals surface area contributed by atoms with E-state index in [-0.39, 0.29) is 0 Å². The van der Waals surface area contributed by atoms with Crippen LogP contribution in [0.1, 0.15) is 24.0 Å². The first-order valence-corrected chi connectivity index (χ1v) is 12.7. The summed E-state index contributed by atoms with van der Waals surface area (Å²) in [4.78, 5) is 3.54. The molecule has 0 spiro atoms. The molecule has 0 saturated carbocycles. The summed E-state index contributed by atoms with van der Waals surface area (Å²) in [6.07, 6.45) is 6.82. The monoisotopic (exact) mass is 459 g/mol. The first-order valence-electron chi connectivity index (χ1n) is 12.7. The minimum Gasteiger partial charge on any atom is -0.456 e. The van der Waals surface area contributed by atoms with Gasteiger partial charge in [-0.15, -0.1) is 0 Å². The van der Waals surface area contributed by atoms with Crippen LogP contribution in [0.4, 0.5) is 0 Å². The van der Waals surface area contributed by atoms with Crippen LogP contribution in [0.2, 0.25) is 0 Å². The second-order valence-electron chi connectivity index (χ2n) is 10.1. The topological polar surface area (TPSA) is 28.9 Å². The van der Waals surface area contributed by atoms with E-state index in [2.05, 4.69) is 102 Å². The van der Waals surface area contributed by atoms with Crippen molar-refractivity contribution < 1.29 is 4.42 Å². The van der Waals surface area contributed by atoms with Gasteiger partial charge in [-0.05, 0) is 93.4 Å². The maximum Gasteiger partial charge on any atom is 0.136 e. The Morgan fingerprint density at radius 2 is 1.44 bits per heavy atom. The minimum atomic E-state index is 0.948. The number of allylic oxidation sites excluding steroid dienone is 4. The molecule has 168 valence electrons. The smallest absolute Gasteiger partial charge is 0.136 e. The van der Waals surface area contributed by atoms with Gasteiger partial charge in [0.2, 0.25) is 0 Å². The van der Waals surface area contributed by atoms with Gasteiger partial charge in [-0.1, -0.05) is 60.7 Å². The van der Waals surface area contributed by atoms with Crippen molar-refractivity contribution in [3.63, 3.8) is 0 Å². The van der Waals surface area contributed by atoms with Gasteiger partial charge in [0.15, 0.2) is 0 Å². The Morgan fingerprint density at radius 3 is 2.42 bits per heavy atom. The van der Waals surface area contributed by atoms with Crippen molar-refractivity contribution in [2.24, 2.45) is 0 Å². The molecule has 0 bridgehead atoms. The van der Waals surface area contributed by atoms with Gasteiger partial charge in [-0.25, -0.2) is 0 Å². The number of rotatable bonds is 1. The van der Waals surface area contributed by atoms with E-state index < -0.39 is 0 Å². The predicted octanol–water partition coefficient (Wildman–Crippen LogP) is 9.61. The third-order valence-corrected chi connectivity index (χ3v) is 8.22. The van der Waals surface area contributed by atoms with Crippen LogP contribution < -0.4 is 0 Å². The molecule has 0 amide bonds. The van der Waals surface area contributed by atoms with Gasteiger partial charge in [-0.3, -0.25) is 0 Å². The summed E-state index contributed by atoms with van der Waals surface area (Å²) in [5.74, 6) is 0. The average Bonchev–Trinajstić information content (AvgIpc) is 3.59. The van der Waals surface area contributed by atoms with Crippen molar-refractivity contribution in [3.8, 4) is 11.1 Å². The van der Waals surface area contributed by atoms with Crippen LogP contribution in [0.25, 0.3) is 76.8 Å². The van der Waals surface area contributed by atoms with Crippen LogP contribution in [-0.4, -0.2) is 4.98 Å². The Morgan fingerprint density at radius 1 is 0.611 bits per heavy atom. The molecular formula is C34H21NO. The number of aromatic amines is 1. The molecule has 2 nitrogen and oxygen atoms in total. The maximum atomic E-state index is 6.47. The van der Waals surface area contributed by atoms with Crippen molar-refractivity contribution in [3.05, 3.63) is 108 Å². The van der Waals surface area contributed by atoms with E-state index in [9.17, 15) is 0 Å². The summed E-state index contributed by atoms with van der Waals surface area (Å²) in [6, 6.07) is 30.9. The highest BCUT2D eigenvalue weighted by Gasteiger charge is 2.26. The number of benzene rings is 5. The maximum absolute atomic E-state index is 6.47. The number of furan rings is 1. The Kier molecular flexibility index (Phi) is 3.41. The van der Waals surface area contributed by atoms with E-state index in [1.807, 2.05) is 0 Å². The SMILES string of the molecule is C1=CC2=C(CC1)c1cc3oc4ccc(-c5ccc6[nH]c7ccccc7c6c5)cc4c3c3cccc2c13. The van der Waals surface area contributed by atoms with Crippen LogP contribution in [-0.2, 0) is 0 Å². The molecule has 0 aliphatic heterocycles. The number of H-pyrrole nitrogens is 1. The number of para-hydroxylation sites is 1. The van der Waals surface area contributed by atoms with Crippen molar-refractivity contribution in [2.45, 2.75) is 12.8 Å². The second-order valence-corrected chi connectivity index (χ2v) is 10.1. The standard InChI is InChI=1S/C34H21NO/c1-2-7-22-21(6-1)24-9-5-10-25-33(24)27(22)18-32-34(25)28-17-20(13-15-31(28)36-32)19-12-14-30-26(16-19)23-8-3-4-11-29(23)35-30/h1,3-6,8-18,35H,2,7H2. The molecule has 0 atom stereocenters. The lowest BCUT2D eigenvalue weighted by Gasteiger charge is -2.09. The zero-order valence-electron chi connectivity index (χ0n) is 19.6. The molecular weight excluding hydrogens is 438 g/mol. The first-order chi connectivity index (χ1) is 17.8. The molecule has 9 rings (SSSR count). The largest absolute Gasteiger partial charge is 0.456 e. The van der Waals surface area contributed by atoms with E-state index in [1.165, 1.54) is 76.8 Å². The molecule has 0 radical (unpaired) electrons. The Labute approximate surface area is 207 Å². The fourth-order valence-electron chi connectivity index (χ4n) is 6.62. The second kappa shape index (κ2) is 6.56. The predicted molar refractivity (Wildman–Crippen MR) is 151 cm³/mol. The molecule has 1 N–H and O–H groups in total. The quantitative estimate of drug-likeness (QED) is 0.260. The van der Waals surface area contributed by atoms with Crippen molar-refractivity contribution in [1.29, 1.82) is 0 Å². The summed E-state index contributed by atoms with van der Waals surface area (Å²) < 4.78 is 6.47. The van der Waals surface area contributed by atoms with Gasteiger partial charge in [0.05, 0.1) is 0 Å². The molecule has 2 aliphatic carbocycles. The van der Waals surface area contributed by atoms with Crippen molar-refractivity contribution in [2.75, 3.05) is 0 Å². The van der Waals surface area contributed by atoms with Crippen molar-refractivity contribution in [1.82, 2.24) is 4.98 Å². The normalized spacial score (nSPS) is 14.8. The third-order valence-electron chi connectivity index (χ3n) is 8.22. The number of hydrogen-bond acceptors (Lipinski definition) is 1. The fraction of sp³-hybridized carbons (Fsp3) is 0.0588. The summed E-state index contributed by atoms with van der Waals surface area (Å²) in [7, 11) is 0. The Balaban J connectivity index is 1.31. The van der Waals surface area contributed by atoms with Crippen LogP contribution in [0.5, 0.6) is 0 Å². The summed E-state index contributed by atoms with van der Waals surface area (Å²) in [5, 5.41) is 7.62. The van der Waals surface area contributed by atoms with Crippen LogP contribution >= 0.6 is 0 Å². The average molecular weight is 460 g/mol. The highest BCUT2D eigenvalue weighted by Crippen LogP contribution is 2.50. The van der Waals surface area contributed by atoms with Gasteiger partial charge in [0.25, 0.3) is 0 Å². The molecule has 7 aromatic rings. The lowest BCUT2D eigenvalue weighted by molar-refractivity contribution is 0.669. The highest BCUT2D eigenvalue weighted by atomic mass is 16.3. The molecule has 2 heteroatoms. The number of aromatic nitrogens is 1. The minimum absolute atomic E-state index is 0.948. The van der Waals surface area contributed by atoms with Crippen LogP contribution in [0, 0.1) is 0 Å². The van der Waals surface area contributed by atoms with E-state index in [1.54, 1.807) is 0 Å². The van der Waals surface area contributed by atoms with E-state index >= 15 is 0 Å². The number of nitrogens with one attached hydrogen (secondary N) is 1.